The summed E-state index contributed by atoms with van der Waals surface area (Å²) in [6, 6.07) is 8.45. The van der Waals surface area contributed by atoms with Crippen molar-refractivity contribution in [3.05, 3.63) is 57.0 Å². The molecule has 0 atom stereocenters. The number of thiophene rings is 1. The minimum Gasteiger partial charge on any atom is -0.289 e. The minimum absolute atomic E-state index is 0.0562. The van der Waals surface area contributed by atoms with Crippen molar-refractivity contribution in [3.8, 4) is 0 Å². The number of hydrogen-bond donors (Lipinski definition) is 0. The maximum Gasteiger partial charge on any atom is 0.191 e. The van der Waals surface area contributed by atoms with E-state index in [0.29, 0.717) is 11.3 Å². The number of Topliss-reactive ketones (excluding diaryl/α,β-unsaturated/α-hetero) is 1. The van der Waals surface area contributed by atoms with Crippen molar-refractivity contribution in [3.63, 3.8) is 0 Å². The first kappa shape index (κ1) is 12.6. The molecule has 2 aromatic rings. The molecule has 19 heavy (non-hydrogen) atoms. The fourth-order valence-electron chi connectivity index (χ4n) is 2.01. The Kier molecular flexibility index (Phi) is 3.29. The molecule has 0 amide bonds. The second-order valence-corrected chi connectivity index (χ2v) is 6.71. The molecule has 0 unspecified atom stereocenters. The number of halogens is 1. The van der Waals surface area contributed by atoms with Gasteiger partial charge >= 0.3 is 0 Å². The third-order valence-corrected chi connectivity index (χ3v) is 5.01. The molecular weight excluding hydrogens is 279 g/mol. The van der Waals surface area contributed by atoms with Crippen molar-refractivity contribution < 1.29 is 9.18 Å². The van der Waals surface area contributed by atoms with Crippen LogP contribution in [0, 0.1) is 12.7 Å². The average Bonchev–Trinajstić information content (AvgIpc) is 2.79. The monoisotopic (exact) mass is 290 g/mol. The van der Waals surface area contributed by atoms with Crippen molar-refractivity contribution in [2.24, 2.45) is 0 Å². The van der Waals surface area contributed by atoms with Gasteiger partial charge in [0.05, 0.1) is 0 Å². The second kappa shape index (κ2) is 4.94. The number of carbonyl (C=O) groups excluding carboxylic acids is 1. The van der Waals surface area contributed by atoms with E-state index in [2.05, 4.69) is 0 Å². The Labute approximate surface area is 119 Å². The predicted molar refractivity (Wildman–Crippen MR) is 78.5 cm³/mol. The largest absolute Gasteiger partial charge is 0.289 e. The molecule has 0 aliphatic carbocycles. The molecule has 1 aliphatic heterocycles. The van der Waals surface area contributed by atoms with E-state index in [9.17, 15) is 9.18 Å². The lowest BCUT2D eigenvalue weighted by Crippen LogP contribution is -2.12. The van der Waals surface area contributed by atoms with Gasteiger partial charge in [-0.3, -0.25) is 4.79 Å². The molecule has 4 heteroatoms. The second-order valence-electron chi connectivity index (χ2n) is 4.38. The molecule has 0 N–H and O–H groups in total. The van der Waals surface area contributed by atoms with E-state index in [1.165, 1.54) is 17.0 Å². The molecule has 0 saturated heterocycles. The van der Waals surface area contributed by atoms with Crippen molar-refractivity contribution in [2.45, 2.75) is 11.8 Å². The van der Waals surface area contributed by atoms with Gasteiger partial charge in [0, 0.05) is 31.5 Å². The minimum atomic E-state index is -0.360. The first-order chi connectivity index (χ1) is 9.13. The van der Waals surface area contributed by atoms with Crippen LogP contribution in [0.4, 0.5) is 4.39 Å². The maximum atomic E-state index is 13.2. The van der Waals surface area contributed by atoms with Crippen LogP contribution in [0.1, 0.15) is 20.1 Å². The summed E-state index contributed by atoms with van der Waals surface area (Å²) in [5.74, 6) is 0.231. The number of thioether (sulfide) groups is 1. The number of hydrogen-bond acceptors (Lipinski definition) is 3. The van der Waals surface area contributed by atoms with E-state index >= 15 is 0 Å². The lowest BCUT2D eigenvalue weighted by Gasteiger charge is -2.16. The lowest BCUT2D eigenvalue weighted by atomic mass is 10.0. The van der Waals surface area contributed by atoms with E-state index in [-0.39, 0.29) is 11.6 Å². The smallest absolute Gasteiger partial charge is 0.191 e. The SMILES string of the molecule is Cc1ccc(C=C2CSc3ccc(F)cc3C2=O)s1. The third-order valence-electron chi connectivity index (χ3n) is 2.94. The number of carbonyl (C=O) groups is 1. The average molecular weight is 290 g/mol. The van der Waals surface area contributed by atoms with Crippen LogP contribution in [0.5, 0.6) is 0 Å². The summed E-state index contributed by atoms with van der Waals surface area (Å²) < 4.78 is 13.2. The van der Waals surface area contributed by atoms with Gasteiger partial charge < -0.3 is 0 Å². The first-order valence-electron chi connectivity index (χ1n) is 5.87. The predicted octanol–water partition coefficient (Wildman–Crippen LogP) is 4.57. The Balaban J connectivity index is 1.99. The maximum absolute atomic E-state index is 13.2. The summed E-state index contributed by atoms with van der Waals surface area (Å²) in [6.45, 7) is 2.04. The van der Waals surface area contributed by atoms with Crippen LogP contribution < -0.4 is 0 Å². The summed E-state index contributed by atoms with van der Waals surface area (Å²) in [7, 11) is 0. The number of fused-ring (bicyclic) bond motifs is 1. The first-order valence-corrected chi connectivity index (χ1v) is 7.68. The highest BCUT2D eigenvalue weighted by Crippen LogP contribution is 2.34. The Hall–Kier alpha value is -1.39. The summed E-state index contributed by atoms with van der Waals surface area (Å²) in [4.78, 5) is 15.5. The van der Waals surface area contributed by atoms with Crippen LogP contribution in [0.2, 0.25) is 0 Å². The number of rotatable bonds is 1. The number of ketones is 1. The summed E-state index contributed by atoms with van der Waals surface area (Å²) >= 11 is 3.24. The zero-order valence-corrected chi connectivity index (χ0v) is 11.9. The fraction of sp³-hybridized carbons (Fsp3) is 0.133. The molecular formula is C15H11FOS2. The van der Waals surface area contributed by atoms with Gasteiger partial charge in [0.1, 0.15) is 5.82 Å². The highest BCUT2D eigenvalue weighted by molar-refractivity contribution is 7.99. The summed E-state index contributed by atoms with van der Waals surface area (Å²) in [6.07, 6.45) is 1.92. The molecule has 1 aromatic carbocycles. The zero-order valence-electron chi connectivity index (χ0n) is 10.3. The van der Waals surface area contributed by atoms with Gasteiger partial charge in [0.2, 0.25) is 0 Å². The van der Waals surface area contributed by atoms with Crippen LogP contribution in [-0.4, -0.2) is 11.5 Å². The molecule has 0 radical (unpaired) electrons. The van der Waals surface area contributed by atoms with E-state index in [1.54, 1.807) is 29.2 Å². The lowest BCUT2D eigenvalue weighted by molar-refractivity contribution is 0.103. The number of aryl methyl sites for hydroxylation is 1. The third kappa shape index (κ3) is 2.51. The normalized spacial score (nSPS) is 16.7. The number of benzene rings is 1. The molecule has 1 nitrogen and oxygen atoms in total. The van der Waals surface area contributed by atoms with Crippen LogP contribution >= 0.6 is 23.1 Å². The molecule has 1 aromatic heterocycles. The Morgan fingerprint density at radius 3 is 2.84 bits per heavy atom. The van der Waals surface area contributed by atoms with E-state index in [1.807, 2.05) is 25.1 Å². The molecule has 0 bridgehead atoms. The van der Waals surface area contributed by atoms with Crippen molar-refractivity contribution >= 4 is 35.0 Å². The van der Waals surface area contributed by atoms with E-state index in [0.717, 1.165) is 15.3 Å². The molecule has 0 fully saturated rings. The molecule has 2 heterocycles. The fourth-order valence-corrected chi connectivity index (χ4v) is 3.85. The Bertz CT molecular complexity index is 685. The van der Waals surface area contributed by atoms with Crippen molar-refractivity contribution in [1.29, 1.82) is 0 Å². The van der Waals surface area contributed by atoms with Gasteiger partial charge in [0.15, 0.2) is 5.78 Å². The van der Waals surface area contributed by atoms with Gasteiger partial charge in [0.25, 0.3) is 0 Å². The van der Waals surface area contributed by atoms with Gasteiger partial charge in [-0.1, -0.05) is 0 Å². The van der Waals surface area contributed by atoms with Crippen LogP contribution in [0.25, 0.3) is 6.08 Å². The standard InChI is InChI=1S/C15H11FOS2/c1-9-2-4-12(19-9)6-10-8-18-14-5-3-11(16)7-13(14)15(10)17/h2-7H,8H2,1H3. The topological polar surface area (TPSA) is 17.1 Å². The van der Waals surface area contributed by atoms with Crippen LogP contribution in [-0.2, 0) is 0 Å². The highest BCUT2D eigenvalue weighted by atomic mass is 32.2. The van der Waals surface area contributed by atoms with Crippen LogP contribution in [0.15, 0.2) is 40.8 Å². The molecule has 3 rings (SSSR count). The molecule has 0 spiro atoms. The molecule has 96 valence electrons. The highest BCUT2D eigenvalue weighted by Gasteiger charge is 2.23. The van der Waals surface area contributed by atoms with Gasteiger partial charge in [-0.05, 0) is 43.3 Å². The van der Waals surface area contributed by atoms with Crippen molar-refractivity contribution in [2.75, 3.05) is 5.75 Å². The summed E-state index contributed by atoms with van der Waals surface area (Å²) in [5.41, 5.74) is 1.22. The molecule has 1 aliphatic rings. The Morgan fingerprint density at radius 2 is 2.11 bits per heavy atom. The molecule has 0 saturated carbocycles. The van der Waals surface area contributed by atoms with Gasteiger partial charge in [-0.25, -0.2) is 4.39 Å². The van der Waals surface area contributed by atoms with E-state index < -0.39 is 0 Å². The van der Waals surface area contributed by atoms with Crippen LogP contribution in [0.3, 0.4) is 0 Å². The zero-order chi connectivity index (χ0) is 13.4. The van der Waals surface area contributed by atoms with Gasteiger partial charge in [-0.15, -0.1) is 23.1 Å². The summed E-state index contributed by atoms with van der Waals surface area (Å²) in [5, 5.41) is 0. The van der Waals surface area contributed by atoms with Gasteiger partial charge in [-0.2, -0.15) is 0 Å². The quantitative estimate of drug-likeness (QED) is 0.716. The Morgan fingerprint density at radius 1 is 1.26 bits per heavy atom. The van der Waals surface area contributed by atoms with E-state index in [4.69, 9.17) is 0 Å². The van der Waals surface area contributed by atoms with Crippen molar-refractivity contribution in [1.82, 2.24) is 0 Å².